The highest BCUT2D eigenvalue weighted by molar-refractivity contribution is 9.10. The zero-order valence-electron chi connectivity index (χ0n) is 10.9. The van der Waals surface area contributed by atoms with Crippen molar-refractivity contribution in [3.05, 3.63) is 15.9 Å². The Morgan fingerprint density at radius 1 is 1.41 bits per heavy atom. The van der Waals surface area contributed by atoms with E-state index in [9.17, 15) is 0 Å². The molecule has 0 radical (unpaired) electrons. The SMILES string of the molecule is CCn1nc(C)c(Br)c1CCCNCCOC. The third-order valence-electron chi connectivity index (χ3n) is 2.70. The molecule has 0 bridgehead atoms. The van der Waals surface area contributed by atoms with Crippen LogP contribution >= 0.6 is 15.9 Å². The summed E-state index contributed by atoms with van der Waals surface area (Å²) in [6, 6.07) is 0. The summed E-state index contributed by atoms with van der Waals surface area (Å²) in [6.45, 7) is 7.80. The maximum Gasteiger partial charge on any atom is 0.0738 e. The van der Waals surface area contributed by atoms with Crippen LogP contribution < -0.4 is 5.32 Å². The van der Waals surface area contributed by atoms with Gasteiger partial charge in [0.1, 0.15) is 0 Å². The molecule has 1 heterocycles. The summed E-state index contributed by atoms with van der Waals surface area (Å²) in [6.07, 6.45) is 2.17. The van der Waals surface area contributed by atoms with Crippen LogP contribution in [0.2, 0.25) is 0 Å². The van der Waals surface area contributed by atoms with Gasteiger partial charge in [0.05, 0.1) is 22.5 Å². The molecule has 0 spiro atoms. The molecule has 1 rings (SSSR count). The van der Waals surface area contributed by atoms with Crippen molar-refractivity contribution in [2.45, 2.75) is 33.2 Å². The van der Waals surface area contributed by atoms with Crippen LogP contribution in [0.15, 0.2) is 4.47 Å². The maximum atomic E-state index is 4.98. The Morgan fingerprint density at radius 3 is 2.82 bits per heavy atom. The lowest BCUT2D eigenvalue weighted by molar-refractivity contribution is 0.199. The third-order valence-corrected chi connectivity index (χ3v) is 3.73. The number of aryl methyl sites for hydroxylation is 2. The van der Waals surface area contributed by atoms with Crippen LogP contribution in [0, 0.1) is 6.92 Å². The molecule has 0 unspecified atom stereocenters. The number of nitrogens with zero attached hydrogens (tertiary/aromatic N) is 2. The topological polar surface area (TPSA) is 39.1 Å². The van der Waals surface area contributed by atoms with Gasteiger partial charge in [-0.05, 0) is 49.2 Å². The molecule has 98 valence electrons. The number of rotatable bonds is 8. The van der Waals surface area contributed by atoms with Crippen LogP contribution in [0.1, 0.15) is 24.7 Å². The minimum Gasteiger partial charge on any atom is -0.383 e. The molecule has 0 aliphatic carbocycles. The van der Waals surface area contributed by atoms with Crippen molar-refractivity contribution in [3.63, 3.8) is 0 Å². The first-order valence-electron chi connectivity index (χ1n) is 6.12. The molecule has 1 aromatic rings. The van der Waals surface area contributed by atoms with Crippen LogP contribution in [0.3, 0.4) is 0 Å². The fourth-order valence-corrected chi connectivity index (χ4v) is 2.27. The predicted molar refractivity (Wildman–Crippen MR) is 73.4 cm³/mol. The van der Waals surface area contributed by atoms with Crippen LogP contribution in [-0.2, 0) is 17.7 Å². The summed E-state index contributed by atoms with van der Waals surface area (Å²) >= 11 is 3.61. The Morgan fingerprint density at radius 2 is 2.18 bits per heavy atom. The Labute approximate surface area is 112 Å². The average molecular weight is 304 g/mol. The summed E-state index contributed by atoms with van der Waals surface area (Å²) in [5.41, 5.74) is 2.38. The number of halogens is 1. The first-order valence-corrected chi connectivity index (χ1v) is 6.91. The molecule has 0 atom stereocenters. The van der Waals surface area contributed by atoms with Gasteiger partial charge in [-0.3, -0.25) is 4.68 Å². The molecule has 0 aromatic carbocycles. The normalized spacial score (nSPS) is 11.1. The summed E-state index contributed by atoms with van der Waals surface area (Å²) in [5, 5.41) is 7.84. The smallest absolute Gasteiger partial charge is 0.0738 e. The number of hydrogen-bond donors (Lipinski definition) is 1. The molecule has 0 fully saturated rings. The van der Waals surface area contributed by atoms with Gasteiger partial charge < -0.3 is 10.1 Å². The number of nitrogens with one attached hydrogen (secondary N) is 1. The zero-order chi connectivity index (χ0) is 12.7. The van der Waals surface area contributed by atoms with Crippen LogP contribution in [0.4, 0.5) is 0 Å². The summed E-state index contributed by atoms with van der Waals surface area (Å²) < 4.78 is 8.22. The first kappa shape index (κ1) is 14.7. The second kappa shape index (κ2) is 7.84. The van der Waals surface area contributed by atoms with Crippen molar-refractivity contribution < 1.29 is 4.74 Å². The van der Waals surface area contributed by atoms with E-state index in [-0.39, 0.29) is 0 Å². The average Bonchev–Trinajstić information content (AvgIpc) is 2.60. The van der Waals surface area contributed by atoms with Crippen molar-refractivity contribution in [2.75, 3.05) is 26.8 Å². The van der Waals surface area contributed by atoms with Gasteiger partial charge in [-0.15, -0.1) is 0 Å². The van der Waals surface area contributed by atoms with Gasteiger partial charge in [0.25, 0.3) is 0 Å². The van der Waals surface area contributed by atoms with Crippen LogP contribution in [0.5, 0.6) is 0 Å². The molecule has 0 aliphatic heterocycles. The third kappa shape index (κ3) is 4.41. The zero-order valence-corrected chi connectivity index (χ0v) is 12.5. The van der Waals surface area contributed by atoms with Crippen LogP contribution in [-0.4, -0.2) is 36.6 Å². The van der Waals surface area contributed by atoms with E-state index >= 15 is 0 Å². The van der Waals surface area contributed by atoms with E-state index in [4.69, 9.17) is 4.74 Å². The largest absolute Gasteiger partial charge is 0.383 e. The van der Waals surface area contributed by atoms with Crippen molar-refractivity contribution in [3.8, 4) is 0 Å². The second-order valence-corrected chi connectivity index (χ2v) is 4.80. The van der Waals surface area contributed by atoms with E-state index < -0.39 is 0 Å². The first-order chi connectivity index (χ1) is 8.20. The molecule has 0 saturated heterocycles. The summed E-state index contributed by atoms with van der Waals surface area (Å²) in [5.74, 6) is 0. The molecular formula is C12H22BrN3O. The Balaban J connectivity index is 2.35. The highest BCUT2D eigenvalue weighted by Crippen LogP contribution is 2.22. The molecule has 4 nitrogen and oxygen atoms in total. The van der Waals surface area contributed by atoms with Crippen molar-refractivity contribution in [1.82, 2.24) is 15.1 Å². The molecule has 1 aromatic heterocycles. The Kier molecular flexibility index (Phi) is 6.77. The lowest BCUT2D eigenvalue weighted by atomic mass is 10.2. The van der Waals surface area contributed by atoms with Gasteiger partial charge >= 0.3 is 0 Å². The van der Waals surface area contributed by atoms with E-state index in [0.29, 0.717) is 0 Å². The van der Waals surface area contributed by atoms with Gasteiger partial charge in [0.2, 0.25) is 0 Å². The number of ether oxygens (including phenoxy) is 1. The highest BCUT2D eigenvalue weighted by Gasteiger charge is 2.10. The fourth-order valence-electron chi connectivity index (χ4n) is 1.79. The molecule has 5 heteroatoms. The van der Waals surface area contributed by atoms with Crippen LogP contribution in [0.25, 0.3) is 0 Å². The van der Waals surface area contributed by atoms with Gasteiger partial charge in [0.15, 0.2) is 0 Å². The number of aromatic nitrogens is 2. The van der Waals surface area contributed by atoms with E-state index in [1.54, 1.807) is 7.11 Å². The minimum atomic E-state index is 0.774. The van der Waals surface area contributed by atoms with Gasteiger partial charge in [-0.25, -0.2) is 0 Å². The monoisotopic (exact) mass is 303 g/mol. The molecule has 17 heavy (non-hydrogen) atoms. The Hall–Kier alpha value is -0.390. The second-order valence-electron chi connectivity index (χ2n) is 4.01. The predicted octanol–water partition coefficient (Wildman–Crippen LogP) is 2.14. The van der Waals surface area contributed by atoms with E-state index in [1.807, 2.05) is 6.92 Å². The summed E-state index contributed by atoms with van der Waals surface area (Å²) in [7, 11) is 1.72. The molecule has 0 amide bonds. The summed E-state index contributed by atoms with van der Waals surface area (Å²) in [4.78, 5) is 0. The molecule has 0 saturated carbocycles. The number of methoxy groups -OCH3 is 1. The minimum absolute atomic E-state index is 0.774. The highest BCUT2D eigenvalue weighted by atomic mass is 79.9. The van der Waals surface area contributed by atoms with Gasteiger partial charge in [-0.1, -0.05) is 0 Å². The number of hydrogen-bond acceptors (Lipinski definition) is 3. The molecule has 0 aliphatic rings. The van der Waals surface area contributed by atoms with Crippen molar-refractivity contribution in [2.24, 2.45) is 0 Å². The van der Waals surface area contributed by atoms with E-state index in [0.717, 1.165) is 49.2 Å². The Bertz CT molecular complexity index is 339. The fraction of sp³-hybridized carbons (Fsp3) is 0.750. The lowest BCUT2D eigenvalue weighted by Gasteiger charge is -2.06. The van der Waals surface area contributed by atoms with E-state index in [1.165, 1.54) is 5.69 Å². The van der Waals surface area contributed by atoms with Gasteiger partial charge in [-0.2, -0.15) is 5.10 Å². The van der Waals surface area contributed by atoms with Crippen molar-refractivity contribution >= 4 is 15.9 Å². The lowest BCUT2D eigenvalue weighted by Crippen LogP contribution is -2.21. The van der Waals surface area contributed by atoms with E-state index in [2.05, 4.69) is 38.0 Å². The molecule has 1 N–H and O–H groups in total. The molecular weight excluding hydrogens is 282 g/mol. The standard InChI is InChI=1S/C12H22BrN3O/c1-4-16-11(12(13)10(2)15-16)6-5-7-14-8-9-17-3/h14H,4-9H2,1-3H3. The quantitative estimate of drug-likeness (QED) is 0.748. The van der Waals surface area contributed by atoms with Gasteiger partial charge in [0, 0.05) is 20.2 Å². The van der Waals surface area contributed by atoms with Crippen molar-refractivity contribution in [1.29, 1.82) is 0 Å². The maximum absolute atomic E-state index is 4.98.